The zero-order valence-corrected chi connectivity index (χ0v) is 17.0. The maximum atomic E-state index is 13.3. The van der Waals surface area contributed by atoms with Crippen molar-refractivity contribution < 1.29 is 26.8 Å². The first kappa shape index (κ1) is 21.6. The van der Waals surface area contributed by atoms with Gasteiger partial charge < -0.3 is 9.80 Å². The van der Waals surface area contributed by atoms with E-state index in [9.17, 15) is 26.8 Å². The lowest BCUT2D eigenvalue weighted by atomic mass is 10.1. The highest BCUT2D eigenvalue weighted by Crippen LogP contribution is 2.13. The van der Waals surface area contributed by atoms with Crippen LogP contribution in [0.25, 0.3) is 0 Å². The Hall–Kier alpha value is -2.11. The van der Waals surface area contributed by atoms with E-state index in [4.69, 9.17) is 0 Å². The van der Waals surface area contributed by atoms with Gasteiger partial charge in [-0.05, 0) is 18.2 Å². The predicted octanol–water partition coefficient (Wildman–Crippen LogP) is -0.174. The van der Waals surface area contributed by atoms with Crippen molar-refractivity contribution in [3.63, 3.8) is 0 Å². The van der Waals surface area contributed by atoms with Crippen LogP contribution in [-0.2, 0) is 14.8 Å². The molecule has 8 nitrogen and oxygen atoms in total. The number of carbonyl (C=O) groups excluding carboxylic acids is 2. The zero-order valence-electron chi connectivity index (χ0n) is 16.2. The first-order chi connectivity index (χ1) is 13.6. The lowest BCUT2D eigenvalue weighted by molar-refractivity contribution is -0.133. The van der Waals surface area contributed by atoms with Crippen LogP contribution in [0.2, 0.25) is 0 Å². The fraction of sp³-hybridized carbons (Fsp3) is 0.556. The van der Waals surface area contributed by atoms with Crippen molar-refractivity contribution in [3.8, 4) is 0 Å². The Labute approximate surface area is 168 Å². The highest BCUT2D eigenvalue weighted by atomic mass is 32.2. The van der Waals surface area contributed by atoms with Gasteiger partial charge in [0, 0.05) is 57.9 Å². The summed E-state index contributed by atoms with van der Waals surface area (Å²) in [6.45, 7) is 3.25. The van der Waals surface area contributed by atoms with Gasteiger partial charge in [-0.3, -0.25) is 14.5 Å². The van der Waals surface area contributed by atoms with Crippen molar-refractivity contribution in [1.82, 2.24) is 19.0 Å². The molecule has 2 heterocycles. The van der Waals surface area contributed by atoms with Crippen LogP contribution in [0.3, 0.4) is 0 Å². The molecule has 2 aliphatic rings. The summed E-state index contributed by atoms with van der Waals surface area (Å²) in [5.41, 5.74) is 0.0946. The Bertz CT molecular complexity index is 880. The number of sulfonamides is 1. The Morgan fingerprint density at radius 1 is 0.897 bits per heavy atom. The SMILES string of the molecule is CS(=O)(=O)N1CCN(C(=O)CN2CCN(C(=O)c3ccc(F)c(F)c3)CC2)CC1. The molecule has 29 heavy (non-hydrogen) atoms. The molecule has 2 amide bonds. The second-order valence-electron chi connectivity index (χ2n) is 7.24. The molecule has 160 valence electrons. The van der Waals surface area contributed by atoms with E-state index >= 15 is 0 Å². The molecule has 0 unspecified atom stereocenters. The van der Waals surface area contributed by atoms with Crippen molar-refractivity contribution >= 4 is 21.8 Å². The van der Waals surface area contributed by atoms with Crippen molar-refractivity contribution in [2.24, 2.45) is 0 Å². The van der Waals surface area contributed by atoms with E-state index in [-0.39, 0.29) is 23.9 Å². The molecule has 1 aromatic rings. The molecule has 0 radical (unpaired) electrons. The number of halogens is 2. The van der Waals surface area contributed by atoms with Crippen LogP contribution >= 0.6 is 0 Å². The van der Waals surface area contributed by atoms with Crippen molar-refractivity contribution in [3.05, 3.63) is 35.4 Å². The van der Waals surface area contributed by atoms with E-state index in [1.54, 1.807) is 9.80 Å². The van der Waals surface area contributed by atoms with E-state index in [1.807, 2.05) is 4.90 Å². The number of rotatable bonds is 4. The molecule has 0 aliphatic carbocycles. The van der Waals surface area contributed by atoms with Crippen molar-refractivity contribution in [1.29, 1.82) is 0 Å². The van der Waals surface area contributed by atoms with E-state index < -0.39 is 21.7 Å². The molecule has 0 spiro atoms. The van der Waals surface area contributed by atoms with E-state index in [1.165, 1.54) is 10.4 Å². The Morgan fingerprint density at radius 2 is 1.48 bits per heavy atom. The third kappa shape index (κ3) is 5.28. The van der Waals surface area contributed by atoms with Crippen LogP contribution in [0.4, 0.5) is 8.78 Å². The molecule has 2 aliphatic heterocycles. The lowest BCUT2D eigenvalue weighted by Gasteiger charge is -2.37. The minimum atomic E-state index is -3.24. The second kappa shape index (κ2) is 8.72. The highest BCUT2D eigenvalue weighted by Gasteiger charge is 2.28. The van der Waals surface area contributed by atoms with Gasteiger partial charge in [-0.1, -0.05) is 0 Å². The molecular weight excluding hydrogens is 406 g/mol. The first-order valence-corrected chi connectivity index (χ1v) is 11.2. The van der Waals surface area contributed by atoms with Gasteiger partial charge in [-0.15, -0.1) is 0 Å². The predicted molar refractivity (Wildman–Crippen MR) is 102 cm³/mol. The molecule has 0 bridgehead atoms. The van der Waals surface area contributed by atoms with Gasteiger partial charge in [0.25, 0.3) is 5.91 Å². The molecule has 1 aromatic carbocycles. The maximum absolute atomic E-state index is 13.3. The van der Waals surface area contributed by atoms with E-state index in [0.29, 0.717) is 52.4 Å². The average molecular weight is 430 g/mol. The molecular formula is C18H24F2N4O4S. The molecule has 3 rings (SSSR count). The number of amides is 2. The summed E-state index contributed by atoms with van der Waals surface area (Å²) < 4.78 is 50.8. The summed E-state index contributed by atoms with van der Waals surface area (Å²) in [7, 11) is -3.24. The summed E-state index contributed by atoms with van der Waals surface area (Å²) in [5, 5.41) is 0. The Kier molecular flexibility index (Phi) is 6.49. The molecule has 2 fully saturated rings. The Morgan fingerprint density at radius 3 is 2.03 bits per heavy atom. The quantitative estimate of drug-likeness (QED) is 0.663. The van der Waals surface area contributed by atoms with Gasteiger partial charge in [-0.2, -0.15) is 4.31 Å². The lowest BCUT2D eigenvalue weighted by Crippen LogP contribution is -2.55. The van der Waals surface area contributed by atoms with Crippen molar-refractivity contribution in [2.45, 2.75) is 0 Å². The molecule has 0 N–H and O–H groups in total. The van der Waals surface area contributed by atoms with Crippen LogP contribution in [0.1, 0.15) is 10.4 Å². The standard InChI is InChI=1S/C18H24F2N4O4S/c1-29(27,28)24-10-8-22(9-11-24)17(25)13-21-4-6-23(7-5-21)18(26)14-2-3-15(19)16(20)12-14/h2-3,12H,4-11,13H2,1H3. The third-order valence-electron chi connectivity index (χ3n) is 5.25. The number of benzene rings is 1. The van der Waals surface area contributed by atoms with E-state index in [0.717, 1.165) is 18.4 Å². The normalized spacial score (nSPS) is 19.4. The molecule has 2 saturated heterocycles. The molecule has 0 saturated carbocycles. The first-order valence-electron chi connectivity index (χ1n) is 9.35. The monoisotopic (exact) mass is 430 g/mol. The number of piperazine rings is 2. The van der Waals surface area contributed by atoms with Crippen LogP contribution in [-0.4, -0.2) is 104 Å². The van der Waals surface area contributed by atoms with Crippen molar-refractivity contribution in [2.75, 3.05) is 65.2 Å². The largest absolute Gasteiger partial charge is 0.339 e. The summed E-state index contributed by atoms with van der Waals surface area (Å²) in [4.78, 5) is 30.1. The van der Waals surface area contributed by atoms with Gasteiger partial charge >= 0.3 is 0 Å². The minimum absolute atomic E-state index is 0.0708. The van der Waals surface area contributed by atoms with Gasteiger partial charge in [0.2, 0.25) is 15.9 Å². The number of hydrogen-bond donors (Lipinski definition) is 0. The van der Waals surface area contributed by atoms with Crippen LogP contribution in [0, 0.1) is 11.6 Å². The molecule has 11 heteroatoms. The number of hydrogen-bond acceptors (Lipinski definition) is 5. The minimum Gasteiger partial charge on any atom is -0.339 e. The molecule has 0 atom stereocenters. The number of nitrogens with zero attached hydrogens (tertiary/aromatic N) is 4. The van der Waals surface area contributed by atoms with Gasteiger partial charge in [0.1, 0.15) is 0 Å². The summed E-state index contributed by atoms with van der Waals surface area (Å²) in [6.07, 6.45) is 1.16. The van der Waals surface area contributed by atoms with Crippen LogP contribution in [0.15, 0.2) is 18.2 Å². The van der Waals surface area contributed by atoms with Gasteiger partial charge in [0.05, 0.1) is 12.8 Å². The Balaban J connectivity index is 1.46. The topological polar surface area (TPSA) is 81.2 Å². The fourth-order valence-electron chi connectivity index (χ4n) is 3.48. The van der Waals surface area contributed by atoms with Gasteiger partial charge in [0.15, 0.2) is 11.6 Å². The summed E-state index contributed by atoms with van der Waals surface area (Å²) in [6, 6.07) is 3.08. The number of carbonyl (C=O) groups is 2. The second-order valence-corrected chi connectivity index (χ2v) is 9.22. The molecule has 0 aromatic heterocycles. The zero-order chi connectivity index (χ0) is 21.2. The average Bonchev–Trinajstić information content (AvgIpc) is 2.69. The van der Waals surface area contributed by atoms with Crippen LogP contribution < -0.4 is 0 Å². The maximum Gasteiger partial charge on any atom is 0.254 e. The third-order valence-corrected chi connectivity index (χ3v) is 6.55. The summed E-state index contributed by atoms with van der Waals surface area (Å²) >= 11 is 0. The van der Waals surface area contributed by atoms with Gasteiger partial charge in [-0.25, -0.2) is 17.2 Å². The highest BCUT2D eigenvalue weighted by molar-refractivity contribution is 7.88. The van der Waals surface area contributed by atoms with Crippen LogP contribution in [0.5, 0.6) is 0 Å². The fourth-order valence-corrected chi connectivity index (χ4v) is 4.31. The smallest absolute Gasteiger partial charge is 0.254 e. The van der Waals surface area contributed by atoms with E-state index in [2.05, 4.69) is 0 Å². The summed E-state index contributed by atoms with van der Waals surface area (Å²) in [5.74, 6) is -2.50.